The van der Waals surface area contributed by atoms with E-state index in [9.17, 15) is 0 Å². The fraction of sp³-hybridized carbons (Fsp3) is 0.543. The molecule has 2 atom stereocenters. The van der Waals surface area contributed by atoms with Crippen LogP contribution in [0.15, 0.2) is 59.3 Å². The van der Waals surface area contributed by atoms with E-state index in [2.05, 4.69) is 131 Å². The fourth-order valence-corrected chi connectivity index (χ4v) is 8.81. The normalized spacial score (nSPS) is 23.4. The van der Waals surface area contributed by atoms with Crippen molar-refractivity contribution in [3.63, 3.8) is 0 Å². The predicted molar refractivity (Wildman–Crippen MR) is 161 cm³/mol. The first-order valence-electron chi connectivity index (χ1n) is 14.1. The van der Waals surface area contributed by atoms with Crippen LogP contribution in [0.2, 0.25) is 19.6 Å². The fourth-order valence-electron chi connectivity index (χ4n) is 7.55. The van der Waals surface area contributed by atoms with Crippen molar-refractivity contribution in [3.05, 3.63) is 81.6 Å². The van der Waals surface area contributed by atoms with Crippen molar-refractivity contribution in [2.45, 2.75) is 105 Å². The monoisotopic (exact) mass is 656 g/mol. The summed E-state index contributed by atoms with van der Waals surface area (Å²) in [5, 5.41) is 1.66. The molecule has 2 aromatic carbocycles. The number of fused-ring (bicyclic) bond motifs is 4. The maximum absolute atomic E-state index is 2.72. The van der Waals surface area contributed by atoms with Crippen molar-refractivity contribution >= 4 is 8.07 Å². The summed E-state index contributed by atoms with van der Waals surface area (Å²) in [6.07, 6.45) is 6.58. The molecule has 0 aromatic heterocycles. The first-order valence-corrected chi connectivity index (χ1v) is 17.6. The Morgan fingerprint density at radius 3 is 1.56 bits per heavy atom. The van der Waals surface area contributed by atoms with E-state index in [0.29, 0.717) is 11.8 Å². The Morgan fingerprint density at radius 2 is 1.18 bits per heavy atom. The van der Waals surface area contributed by atoms with Crippen LogP contribution in [-0.4, -0.2) is 8.07 Å². The second-order valence-corrected chi connectivity index (χ2v) is 21.1. The molecule has 5 rings (SSSR count). The van der Waals surface area contributed by atoms with Gasteiger partial charge in [0.25, 0.3) is 0 Å². The second kappa shape index (κ2) is 10.7. The minimum absolute atomic E-state index is 0. The van der Waals surface area contributed by atoms with Gasteiger partial charge in [0.15, 0.2) is 0 Å². The van der Waals surface area contributed by atoms with Crippen LogP contribution in [0.5, 0.6) is 0 Å². The summed E-state index contributed by atoms with van der Waals surface area (Å²) < 4.78 is 0. The van der Waals surface area contributed by atoms with Crippen LogP contribution in [0.25, 0.3) is 11.1 Å². The van der Waals surface area contributed by atoms with Crippen LogP contribution in [0.3, 0.4) is 0 Å². The van der Waals surface area contributed by atoms with Gasteiger partial charge in [-0.1, -0.05) is 141 Å². The molecule has 0 radical (unpaired) electrons. The number of halogens is 2. The molecule has 0 amide bonds. The van der Waals surface area contributed by atoms with Crippen LogP contribution >= 0.6 is 0 Å². The van der Waals surface area contributed by atoms with E-state index in [1.165, 1.54) is 28.7 Å². The average molecular weight is 659 g/mol. The molecule has 39 heavy (non-hydrogen) atoms. The molecule has 1 saturated carbocycles. The van der Waals surface area contributed by atoms with E-state index in [1.54, 1.807) is 21.9 Å². The summed E-state index contributed by atoms with van der Waals surface area (Å²) >= 11 is 0. The number of allylic oxidation sites excluding steroid dienone is 4. The Labute approximate surface area is 271 Å². The van der Waals surface area contributed by atoms with Gasteiger partial charge in [-0.15, -0.1) is 0 Å². The molecule has 3 aliphatic carbocycles. The maximum atomic E-state index is 2.72. The molecule has 1 fully saturated rings. The van der Waals surface area contributed by atoms with Crippen molar-refractivity contribution in [1.29, 1.82) is 0 Å². The number of hydrogen-bond acceptors (Lipinski definition) is 0. The van der Waals surface area contributed by atoms with Crippen LogP contribution in [-0.2, 0) is 37.0 Å². The van der Waals surface area contributed by atoms with E-state index in [0.717, 1.165) is 0 Å². The zero-order valence-corrected chi connectivity index (χ0v) is 31.2. The maximum Gasteiger partial charge on any atom is 2.00 e. The number of rotatable bonds is 2. The standard InChI is InChI=1S/C35H48Si.2ClH.Zr/c1-32(2,3)22-13-15-25-26-16-14-23(33(4,5)6)18-28(26)31(27(25)17-22)35(9)21-34(7,8)29-19-24(20-30(29)35)36(10,11)12;;;/h13-20,30-31H,21H2,1-12H3;2*1H;/q;;;+2/p-2. The van der Waals surface area contributed by atoms with Gasteiger partial charge in [-0.3, -0.25) is 0 Å². The van der Waals surface area contributed by atoms with Crippen molar-refractivity contribution in [2.75, 3.05) is 0 Å². The molecule has 4 heteroatoms. The molecule has 2 unspecified atom stereocenters. The molecule has 0 heterocycles. The molecule has 210 valence electrons. The van der Waals surface area contributed by atoms with Gasteiger partial charge in [0.2, 0.25) is 0 Å². The van der Waals surface area contributed by atoms with Gasteiger partial charge in [0.1, 0.15) is 0 Å². The number of hydrogen-bond donors (Lipinski definition) is 0. The molecule has 0 N–H and O–H groups in total. The summed E-state index contributed by atoms with van der Waals surface area (Å²) in [4.78, 5) is 0. The van der Waals surface area contributed by atoms with E-state index in [4.69, 9.17) is 0 Å². The predicted octanol–water partition coefficient (Wildman–Crippen LogP) is 4.20. The summed E-state index contributed by atoms with van der Waals surface area (Å²) in [7, 11) is -1.38. The topological polar surface area (TPSA) is 0 Å². The molecule has 3 aliphatic rings. The van der Waals surface area contributed by atoms with E-state index >= 15 is 0 Å². The Kier molecular flexibility index (Phi) is 9.55. The van der Waals surface area contributed by atoms with Crippen LogP contribution in [0.1, 0.15) is 96.9 Å². The van der Waals surface area contributed by atoms with Gasteiger partial charge in [0.05, 0.1) is 8.07 Å². The third kappa shape index (κ3) is 5.68. The van der Waals surface area contributed by atoms with E-state index < -0.39 is 8.07 Å². The van der Waals surface area contributed by atoms with Gasteiger partial charge in [-0.25, -0.2) is 0 Å². The van der Waals surface area contributed by atoms with Gasteiger partial charge < -0.3 is 24.8 Å². The molecule has 0 nitrogen and oxygen atoms in total. The Morgan fingerprint density at radius 1 is 0.744 bits per heavy atom. The largest absolute Gasteiger partial charge is 2.00 e. The molecule has 0 bridgehead atoms. The van der Waals surface area contributed by atoms with E-state index in [1.807, 2.05) is 0 Å². The Balaban J connectivity index is 0.00000178. The van der Waals surface area contributed by atoms with Crippen molar-refractivity contribution < 1.29 is 51.0 Å². The van der Waals surface area contributed by atoms with Crippen LogP contribution < -0.4 is 24.8 Å². The first kappa shape index (κ1) is 34.8. The number of benzene rings is 2. The van der Waals surface area contributed by atoms with Crippen molar-refractivity contribution in [3.8, 4) is 11.1 Å². The van der Waals surface area contributed by atoms with Gasteiger partial charge in [-0.05, 0) is 61.5 Å². The molecule has 2 aromatic rings. The minimum Gasteiger partial charge on any atom is -1.00 e. The Bertz CT molecular complexity index is 1250. The summed E-state index contributed by atoms with van der Waals surface area (Å²) in [6, 6.07) is 14.8. The summed E-state index contributed by atoms with van der Waals surface area (Å²) in [6.45, 7) is 29.3. The quantitative estimate of drug-likeness (QED) is 0.425. The van der Waals surface area contributed by atoms with Gasteiger partial charge in [0, 0.05) is 11.8 Å². The van der Waals surface area contributed by atoms with Gasteiger partial charge in [-0.2, -0.15) is 0 Å². The van der Waals surface area contributed by atoms with Crippen molar-refractivity contribution in [1.82, 2.24) is 0 Å². The third-order valence-electron chi connectivity index (χ3n) is 9.58. The third-order valence-corrected chi connectivity index (χ3v) is 11.6. The van der Waals surface area contributed by atoms with Crippen LogP contribution in [0.4, 0.5) is 0 Å². The average Bonchev–Trinajstić information content (AvgIpc) is 3.36. The molecule has 0 saturated heterocycles. The second-order valence-electron chi connectivity index (χ2n) is 16.1. The van der Waals surface area contributed by atoms with E-state index in [-0.39, 0.29) is 72.7 Å². The smallest absolute Gasteiger partial charge is 1.00 e. The first-order chi connectivity index (χ1) is 16.3. The molecular formula is C35H48Cl2SiZr. The summed E-state index contributed by atoms with van der Waals surface area (Å²) in [5.74, 6) is 0.939. The molecule has 0 spiro atoms. The molecule has 0 aliphatic heterocycles. The zero-order chi connectivity index (χ0) is 26.6. The summed E-state index contributed by atoms with van der Waals surface area (Å²) in [5.41, 5.74) is 11.3. The molecular weight excluding hydrogens is 611 g/mol. The van der Waals surface area contributed by atoms with Crippen molar-refractivity contribution in [2.24, 2.45) is 16.7 Å². The minimum atomic E-state index is -1.38. The SMILES string of the molecule is CC1(C)CC(C)(C2c3cc(C(C)(C)C)ccc3-c3ccc(C(C)(C)C)cc32)C2C=C([Si](C)(C)C)C=C21.[Cl-].[Cl-].[Zr+2]. The van der Waals surface area contributed by atoms with Crippen LogP contribution in [0, 0.1) is 16.7 Å². The zero-order valence-electron chi connectivity index (χ0n) is 26.2. The Hall–Kier alpha value is -0.400. The van der Waals surface area contributed by atoms with Gasteiger partial charge >= 0.3 is 26.2 Å².